The Hall–Kier alpha value is -0.370. The molecule has 0 N–H and O–H groups in total. The molecule has 0 spiro atoms. The minimum absolute atomic E-state index is 0.0359. The summed E-state index contributed by atoms with van der Waals surface area (Å²) in [5, 5.41) is 0. The minimum atomic E-state index is -5.69. The van der Waals surface area contributed by atoms with Crippen molar-refractivity contribution in [1.29, 1.82) is 0 Å². The largest absolute Gasteiger partial charge is 0.523 e. The minimum Gasteiger partial charge on any atom is -0.257 e. The van der Waals surface area contributed by atoms with E-state index in [0.29, 0.717) is 12.8 Å². The second kappa shape index (κ2) is 7.15. The molecule has 3 nitrogen and oxygen atoms in total. The quantitative estimate of drug-likeness (QED) is 0.297. The number of hydrogen-bond donors (Lipinski definition) is 0. The van der Waals surface area contributed by atoms with Gasteiger partial charge in [0.25, 0.3) is 0 Å². The molecule has 0 bridgehead atoms. The normalized spacial score (nSPS) is 14.9. The molecule has 0 radical (unpaired) electrons. The molecule has 104 valence electrons. The highest BCUT2D eigenvalue weighted by atomic mass is 32.2. The number of halogens is 4. The molecule has 0 aliphatic heterocycles. The molecule has 0 amide bonds. The monoisotopic (exact) mass is 280 g/mol. The van der Waals surface area contributed by atoms with Crippen LogP contribution in [0, 0.1) is 0 Å². The van der Waals surface area contributed by atoms with E-state index in [0.717, 1.165) is 12.8 Å². The first kappa shape index (κ1) is 16.6. The van der Waals surface area contributed by atoms with Gasteiger partial charge in [0.15, 0.2) is 0 Å². The van der Waals surface area contributed by atoms with Gasteiger partial charge in [-0.15, -0.1) is 0 Å². The first-order valence-electron chi connectivity index (χ1n) is 5.30. The Labute approximate surface area is 98.3 Å². The third-order valence-corrected chi connectivity index (χ3v) is 3.19. The lowest BCUT2D eigenvalue weighted by molar-refractivity contribution is -0.0583. The van der Waals surface area contributed by atoms with Crippen LogP contribution in [0.15, 0.2) is 0 Å². The van der Waals surface area contributed by atoms with Gasteiger partial charge in [0.05, 0.1) is 0 Å². The van der Waals surface area contributed by atoms with Gasteiger partial charge in [-0.1, -0.05) is 32.6 Å². The first-order chi connectivity index (χ1) is 7.74. The summed E-state index contributed by atoms with van der Waals surface area (Å²) in [5.74, 6) is 0. The van der Waals surface area contributed by atoms with Crippen molar-refractivity contribution in [2.24, 2.45) is 0 Å². The molecule has 0 saturated heterocycles. The first-order valence-corrected chi connectivity index (χ1v) is 6.71. The number of alkyl halides is 4. The predicted molar refractivity (Wildman–Crippen MR) is 54.6 cm³/mol. The van der Waals surface area contributed by atoms with Crippen LogP contribution in [-0.4, -0.2) is 26.7 Å². The van der Waals surface area contributed by atoms with Crippen LogP contribution in [0.1, 0.15) is 39.0 Å². The maximum Gasteiger partial charge on any atom is 0.523 e. The molecule has 0 aromatic heterocycles. The van der Waals surface area contributed by atoms with Crippen molar-refractivity contribution >= 4 is 10.1 Å². The summed E-state index contributed by atoms with van der Waals surface area (Å²) >= 11 is 0. The fraction of sp³-hybridized carbons (Fsp3) is 1.00. The van der Waals surface area contributed by atoms with Crippen molar-refractivity contribution in [3.05, 3.63) is 0 Å². The van der Waals surface area contributed by atoms with E-state index in [9.17, 15) is 26.0 Å². The highest BCUT2D eigenvalue weighted by Crippen LogP contribution is 2.26. The molecule has 0 rings (SSSR count). The topological polar surface area (TPSA) is 43.4 Å². The summed E-state index contributed by atoms with van der Waals surface area (Å²) in [4.78, 5) is 0. The van der Waals surface area contributed by atoms with Gasteiger partial charge < -0.3 is 0 Å². The van der Waals surface area contributed by atoms with Crippen LogP contribution in [0.5, 0.6) is 0 Å². The van der Waals surface area contributed by atoms with Gasteiger partial charge in [-0.2, -0.15) is 21.6 Å². The van der Waals surface area contributed by atoms with Crippen molar-refractivity contribution in [2.75, 3.05) is 6.67 Å². The molecule has 0 fully saturated rings. The van der Waals surface area contributed by atoms with Gasteiger partial charge in [0.1, 0.15) is 12.8 Å². The molecular formula is C9H16F4O3S. The summed E-state index contributed by atoms with van der Waals surface area (Å²) in [7, 11) is -5.69. The van der Waals surface area contributed by atoms with Crippen LogP contribution in [-0.2, 0) is 14.3 Å². The van der Waals surface area contributed by atoms with Crippen molar-refractivity contribution in [1.82, 2.24) is 0 Å². The van der Waals surface area contributed by atoms with Crippen LogP contribution in [0.4, 0.5) is 17.6 Å². The molecule has 0 aromatic rings. The molecular weight excluding hydrogens is 264 g/mol. The highest BCUT2D eigenvalue weighted by molar-refractivity contribution is 7.87. The Bertz CT molecular complexity index is 300. The molecule has 0 aliphatic rings. The van der Waals surface area contributed by atoms with Crippen LogP contribution >= 0.6 is 0 Å². The zero-order valence-corrected chi connectivity index (χ0v) is 10.3. The van der Waals surface area contributed by atoms with E-state index in [-0.39, 0.29) is 6.42 Å². The van der Waals surface area contributed by atoms with E-state index in [2.05, 4.69) is 4.18 Å². The summed E-state index contributed by atoms with van der Waals surface area (Å²) in [6, 6.07) is 0. The van der Waals surface area contributed by atoms with Crippen molar-refractivity contribution in [3.63, 3.8) is 0 Å². The average Bonchev–Trinajstić information content (AvgIpc) is 2.20. The van der Waals surface area contributed by atoms with E-state index < -0.39 is 28.4 Å². The van der Waals surface area contributed by atoms with Gasteiger partial charge in [0.2, 0.25) is 0 Å². The van der Waals surface area contributed by atoms with Crippen molar-refractivity contribution in [2.45, 2.75) is 50.6 Å². The van der Waals surface area contributed by atoms with Gasteiger partial charge in [-0.25, -0.2) is 4.39 Å². The highest BCUT2D eigenvalue weighted by Gasteiger charge is 2.48. The lowest BCUT2D eigenvalue weighted by Gasteiger charge is -2.15. The van der Waals surface area contributed by atoms with Crippen LogP contribution in [0.25, 0.3) is 0 Å². The number of hydrogen-bond acceptors (Lipinski definition) is 3. The third-order valence-electron chi connectivity index (χ3n) is 2.10. The average molecular weight is 280 g/mol. The smallest absolute Gasteiger partial charge is 0.257 e. The second-order valence-corrected chi connectivity index (χ2v) is 5.19. The fourth-order valence-corrected chi connectivity index (χ4v) is 1.80. The van der Waals surface area contributed by atoms with Gasteiger partial charge >= 0.3 is 15.6 Å². The zero-order chi connectivity index (χ0) is 13.5. The second-order valence-electron chi connectivity index (χ2n) is 3.62. The molecule has 1 unspecified atom stereocenters. The fourth-order valence-electron chi connectivity index (χ4n) is 1.18. The van der Waals surface area contributed by atoms with Crippen LogP contribution in [0.3, 0.4) is 0 Å². The number of rotatable bonds is 8. The molecule has 0 heterocycles. The predicted octanol–water partition coefficient (Wildman–Crippen LogP) is 3.16. The Balaban J connectivity index is 4.22. The molecule has 0 saturated carbocycles. The third kappa shape index (κ3) is 6.21. The lowest BCUT2D eigenvalue weighted by atomic mass is 10.1. The van der Waals surface area contributed by atoms with Crippen LogP contribution in [0.2, 0.25) is 0 Å². The van der Waals surface area contributed by atoms with E-state index in [1.165, 1.54) is 0 Å². The summed E-state index contributed by atoms with van der Waals surface area (Å²) in [6.45, 7) is 0.693. The molecule has 17 heavy (non-hydrogen) atoms. The standard InChI is InChI=1S/C9H16F4O3S/c1-2-3-4-5-6-8(7-10)16-17(14,15)9(11,12)13/h8H,2-7H2,1H3. The molecule has 0 aromatic carbocycles. The van der Waals surface area contributed by atoms with E-state index in [1.807, 2.05) is 6.92 Å². The Kier molecular flexibility index (Phi) is 6.99. The summed E-state index contributed by atoms with van der Waals surface area (Å²) < 4.78 is 73.1. The summed E-state index contributed by atoms with van der Waals surface area (Å²) in [5.41, 5.74) is -5.50. The van der Waals surface area contributed by atoms with Gasteiger partial charge in [-0.3, -0.25) is 4.18 Å². The number of unbranched alkanes of at least 4 members (excludes halogenated alkanes) is 3. The maximum atomic E-state index is 12.3. The van der Waals surface area contributed by atoms with E-state index in [4.69, 9.17) is 0 Å². The molecule has 1 atom stereocenters. The van der Waals surface area contributed by atoms with Gasteiger partial charge in [0, 0.05) is 0 Å². The van der Waals surface area contributed by atoms with E-state index >= 15 is 0 Å². The Morgan fingerprint density at radius 3 is 2.18 bits per heavy atom. The van der Waals surface area contributed by atoms with Crippen LogP contribution < -0.4 is 0 Å². The lowest BCUT2D eigenvalue weighted by Crippen LogP contribution is -2.31. The Morgan fingerprint density at radius 1 is 1.18 bits per heavy atom. The SMILES string of the molecule is CCCCCCC(CF)OS(=O)(=O)C(F)(F)F. The Morgan fingerprint density at radius 2 is 1.76 bits per heavy atom. The summed E-state index contributed by atoms with van der Waals surface area (Å²) in [6.07, 6.45) is 1.36. The van der Waals surface area contributed by atoms with Gasteiger partial charge in [-0.05, 0) is 6.42 Å². The van der Waals surface area contributed by atoms with Crippen molar-refractivity contribution < 1.29 is 30.2 Å². The molecule has 8 heteroatoms. The maximum absolute atomic E-state index is 12.3. The zero-order valence-electron chi connectivity index (χ0n) is 9.46. The van der Waals surface area contributed by atoms with Crippen molar-refractivity contribution in [3.8, 4) is 0 Å². The van der Waals surface area contributed by atoms with E-state index in [1.54, 1.807) is 0 Å². The molecule has 0 aliphatic carbocycles.